The summed E-state index contributed by atoms with van der Waals surface area (Å²) >= 11 is 0. The van der Waals surface area contributed by atoms with E-state index in [0.29, 0.717) is 17.4 Å². The number of carbonyl (C=O) groups is 2. The molecule has 2 aromatic rings. The highest BCUT2D eigenvalue weighted by molar-refractivity contribution is 6.02. The summed E-state index contributed by atoms with van der Waals surface area (Å²) in [5.74, 6) is 0.531. The summed E-state index contributed by atoms with van der Waals surface area (Å²) in [6.45, 7) is 3.45. The number of carboxylic acid groups (broad SMARTS) is 1. The number of phenolic OH excluding ortho intramolecular Hbond substituents is 1. The smallest absolute Gasteiger partial charge is 0.312 e. The van der Waals surface area contributed by atoms with E-state index in [-0.39, 0.29) is 5.75 Å². The first-order chi connectivity index (χ1) is 15.4. The number of benzene rings is 2. The molecular weight excluding hydrogens is 410 g/mol. The topological polar surface area (TPSA) is 105 Å². The van der Waals surface area contributed by atoms with E-state index in [1.165, 1.54) is 0 Å². The molecule has 2 aromatic carbocycles. The summed E-state index contributed by atoms with van der Waals surface area (Å²) in [7, 11) is 0. The minimum Gasteiger partial charge on any atom is -0.508 e. The Hall–Kier alpha value is -3.06. The van der Waals surface area contributed by atoms with Gasteiger partial charge in [0.15, 0.2) is 0 Å². The van der Waals surface area contributed by atoms with Gasteiger partial charge in [-0.25, -0.2) is 0 Å². The van der Waals surface area contributed by atoms with E-state index in [1.807, 2.05) is 19.1 Å². The Morgan fingerprint density at radius 2 is 1.91 bits per heavy atom. The number of rotatable bonds is 7. The Morgan fingerprint density at radius 1 is 1.16 bits per heavy atom. The van der Waals surface area contributed by atoms with E-state index >= 15 is 0 Å². The average molecular weight is 440 g/mol. The zero-order valence-electron chi connectivity index (χ0n) is 18.3. The second kappa shape index (κ2) is 9.61. The molecule has 0 unspecified atom stereocenters. The van der Waals surface area contributed by atoms with Crippen LogP contribution in [-0.2, 0) is 33.6 Å². The lowest BCUT2D eigenvalue weighted by Gasteiger charge is -2.23. The van der Waals surface area contributed by atoms with Crippen LogP contribution in [0.4, 0.5) is 5.69 Å². The molecule has 0 bridgehead atoms. The van der Waals surface area contributed by atoms with Crippen molar-refractivity contribution in [3.05, 3.63) is 46.5 Å². The first-order valence-corrected chi connectivity index (χ1v) is 11.1. The SMILES string of the molecule is Cc1cc(NC(=O)CC(=O)O)c2c(c1Oc1ccc(O)c(CC3CCOCC3)c1)CCC2. The number of fused-ring (bicyclic) bond motifs is 1. The number of aromatic hydroxyl groups is 1. The Bertz CT molecular complexity index is 1030. The predicted octanol–water partition coefficient (Wildman–Crippen LogP) is 4.36. The van der Waals surface area contributed by atoms with Crippen molar-refractivity contribution < 1.29 is 29.3 Å². The molecule has 170 valence electrons. The molecular formula is C25H29NO6. The number of nitrogens with one attached hydrogen (secondary N) is 1. The van der Waals surface area contributed by atoms with Gasteiger partial charge in [-0.15, -0.1) is 0 Å². The quantitative estimate of drug-likeness (QED) is 0.554. The standard InChI is InChI=1S/C25H29NO6/c1-15-11-21(26-23(28)14-24(29)30)19-3-2-4-20(19)25(15)32-18-5-6-22(27)17(13-18)12-16-7-9-31-10-8-16/h5-6,11,13,16,27H,2-4,7-10,12,14H2,1H3,(H,26,28)(H,29,30). The number of carboxylic acids is 1. The minimum atomic E-state index is -1.15. The Kier molecular flexibility index (Phi) is 6.65. The minimum absolute atomic E-state index is 0.280. The van der Waals surface area contributed by atoms with Crippen LogP contribution in [0, 0.1) is 12.8 Å². The van der Waals surface area contributed by atoms with Crippen molar-refractivity contribution in [2.75, 3.05) is 18.5 Å². The van der Waals surface area contributed by atoms with Gasteiger partial charge in [0, 0.05) is 24.5 Å². The van der Waals surface area contributed by atoms with E-state index in [4.69, 9.17) is 14.6 Å². The fourth-order valence-electron chi connectivity index (χ4n) is 4.65. The lowest BCUT2D eigenvalue weighted by atomic mass is 9.92. The van der Waals surface area contributed by atoms with E-state index in [0.717, 1.165) is 79.7 Å². The monoisotopic (exact) mass is 439 g/mol. The number of hydrogen-bond acceptors (Lipinski definition) is 5. The molecule has 1 fully saturated rings. The molecule has 0 radical (unpaired) electrons. The van der Waals surface area contributed by atoms with Crippen LogP contribution in [-0.4, -0.2) is 35.3 Å². The maximum absolute atomic E-state index is 12.0. The second-order valence-electron chi connectivity index (χ2n) is 8.65. The normalized spacial score (nSPS) is 15.9. The van der Waals surface area contributed by atoms with Crippen LogP contribution in [0.15, 0.2) is 24.3 Å². The van der Waals surface area contributed by atoms with Crippen molar-refractivity contribution in [1.82, 2.24) is 0 Å². The number of aryl methyl sites for hydroxylation is 1. The molecule has 4 rings (SSSR count). The van der Waals surface area contributed by atoms with Crippen LogP contribution in [0.2, 0.25) is 0 Å². The van der Waals surface area contributed by atoms with Crippen LogP contribution in [0.3, 0.4) is 0 Å². The van der Waals surface area contributed by atoms with Crippen molar-refractivity contribution in [2.24, 2.45) is 5.92 Å². The Balaban J connectivity index is 1.57. The number of hydrogen-bond donors (Lipinski definition) is 3. The van der Waals surface area contributed by atoms with Gasteiger partial charge in [0.2, 0.25) is 5.91 Å². The van der Waals surface area contributed by atoms with E-state index < -0.39 is 18.3 Å². The lowest BCUT2D eigenvalue weighted by Crippen LogP contribution is -2.17. The van der Waals surface area contributed by atoms with Gasteiger partial charge in [0.05, 0.1) is 0 Å². The number of anilines is 1. The molecule has 0 atom stereocenters. The molecule has 3 N–H and O–H groups in total. The first kappa shape index (κ1) is 22.1. The van der Waals surface area contributed by atoms with Gasteiger partial charge >= 0.3 is 5.97 Å². The van der Waals surface area contributed by atoms with Gasteiger partial charge in [-0.05, 0) is 92.3 Å². The van der Waals surface area contributed by atoms with E-state index in [2.05, 4.69) is 5.32 Å². The molecule has 1 saturated heterocycles. The summed E-state index contributed by atoms with van der Waals surface area (Å²) in [5.41, 5.74) is 4.47. The lowest BCUT2D eigenvalue weighted by molar-refractivity contribution is -0.139. The Morgan fingerprint density at radius 3 is 2.66 bits per heavy atom. The third-order valence-electron chi connectivity index (χ3n) is 6.24. The van der Waals surface area contributed by atoms with Crippen LogP contribution in [0.5, 0.6) is 17.2 Å². The van der Waals surface area contributed by atoms with Crippen molar-refractivity contribution in [1.29, 1.82) is 0 Å². The number of carbonyl (C=O) groups excluding carboxylic acids is 1. The van der Waals surface area contributed by atoms with Crippen LogP contribution in [0.1, 0.15) is 47.9 Å². The first-order valence-electron chi connectivity index (χ1n) is 11.1. The zero-order valence-corrected chi connectivity index (χ0v) is 18.3. The number of aliphatic carboxylic acids is 1. The van der Waals surface area contributed by atoms with Crippen LogP contribution >= 0.6 is 0 Å². The van der Waals surface area contributed by atoms with E-state index in [9.17, 15) is 14.7 Å². The highest BCUT2D eigenvalue weighted by Crippen LogP contribution is 2.41. The summed E-state index contributed by atoms with van der Waals surface area (Å²) in [5, 5.41) is 22.0. The number of ether oxygens (including phenoxy) is 2. The van der Waals surface area contributed by atoms with E-state index in [1.54, 1.807) is 12.1 Å². The molecule has 7 heteroatoms. The largest absolute Gasteiger partial charge is 0.508 e. The molecule has 1 aliphatic carbocycles. The van der Waals surface area contributed by atoms with Gasteiger partial charge in [0.25, 0.3) is 0 Å². The summed E-state index contributed by atoms with van der Waals surface area (Å²) < 4.78 is 11.8. The number of amides is 1. The highest BCUT2D eigenvalue weighted by Gasteiger charge is 2.24. The molecule has 1 heterocycles. The average Bonchev–Trinajstić information content (AvgIpc) is 3.23. The summed E-state index contributed by atoms with van der Waals surface area (Å²) in [4.78, 5) is 22.8. The predicted molar refractivity (Wildman–Crippen MR) is 120 cm³/mol. The van der Waals surface area contributed by atoms with Gasteiger partial charge in [-0.2, -0.15) is 0 Å². The zero-order chi connectivity index (χ0) is 22.7. The van der Waals surface area contributed by atoms with Crippen molar-refractivity contribution in [3.63, 3.8) is 0 Å². The highest BCUT2D eigenvalue weighted by atomic mass is 16.5. The second-order valence-corrected chi connectivity index (χ2v) is 8.65. The molecule has 1 amide bonds. The third kappa shape index (κ3) is 5.05. The maximum Gasteiger partial charge on any atom is 0.312 e. The molecule has 0 saturated carbocycles. The number of phenols is 1. The molecule has 1 aliphatic heterocycles. The Labute approximate surface area is 187 Å². The summed E-state index contributed by atoms with van der Waals surface area (Å²) in [6.07, 6.45) is 4.80. The van der Waals surface area contributed by atoms with Gasteiger partial charge in [-0.1, -0.05) is 0 Å². The van der Waals surface area contributed by atoms with Gasteiger partial charge in [0.1, 0.15) is 23.7 Å². The van der Waals surface area contributed by atoms with Crippen molar-refractivity contribution in [2.45, 2.75) is 51.9 Å². The maximum atomic E-state index is 12.0. The molecule has 0 aromatic heterocycles. The van der Waals surface area contributed by atoms with Crippen molar-refractivity contribution in [3.8, 4) is 17.2 Å². The van der Waals surface area contributed by atoms with Crippen molar-refractivity contribution >= 4 is 17.6 Å². The van der Waals surface area contributed by atoms with Gasteiger partial charge < -0.3 is 25.0 Å². The summed E-state index contributed by atoms with van der Waals surface area (Å²) in [6, 6.07) is 7.21. The fourth-order valence-corrected chi connectivity index (χ4v) is 4.65. The molecule has 2 aliphatic rings. The molecule has 0 spiro atoms. The fraction of sp³-hybridized carbons (Fsp3) is 0.440. The van der Waals surface area contributed by atoms with Crippen LogP contribution in [0.25, 0.3) is 0 Å². The molecule has 32 heavy (non-hydrogen) atoms. The van der Waals surface area contributed by atoms with Gasteiger partial charge in [-0.3, -0.25) is 9.59 Å². The van der Waals surface area contributed by atoms with Crippen LogP contribution < -0.4 is 10.1 Å². The third-order valence-corrected chi connectivity index (χ3v) is 6.24. The molecule has 7 nitrogen and oxygen atoms in total.